The van der Waals surface area contributed by atoms with Crippen molar-refractivity contribution < 1.29 is 29.3 Å². The SMILES string of the molecule is CCc1cnc(OC(=O)O)cc1OC(=O)O. The number of aryl methyl sites for hydroxylation is 1. The lowest BCUT2D eigenvalue weighted by molar-refractivity contribution is 0.141. The summed E-state index contributed by atoms with van der Waals surface area (Å²) in [5, 5.41) is 16.8. The summed E-state index contributed by atoms with van der Waals surface area (Å²) in [6.07, 6.45) is -1.21. The Morgan fingerprint density at radius 1 is 1.31 bits per heavy atom. The summed E-state index contributed by atoms with van der Waals surface area (Å²) in [7, 11) is 0. The van der Waals surface area contributed by atoms with Crippen LogP contribution in [0.15, 0.2) is 12.3 Å². The van der Waals surface area contributed by atoms with Gasteiger partial charge in [0.2, 0.25) is 5.88 Å². The van der Waals surface area contributed by atoms with E-state index in [1.807, 2.05) is 0 Å². The van der Waals surface area contributed by atoms with Gasteiger partial charge in [0, 0.05) is 17.8 Å². The standard InChI is InChI=1S/C9H9NO6/c1-2-5-4-10-7(16-9(13)14)3-6(5)15-8(11)12/h3-4H,2H2,1H3,(H,11,12)(H,13,14). The van der Waals surface area contributed by atoms with Gasteiger partial charge in [-0.1, -0.05) is 6.92 Å². The number of carbonyl (C=O) groups is 2. The summed E-state index contributed by atoms with van der Waals surface area (Å²) in [5.41, 5.74) is 0.542. The predicted molar refractivity (Wildman–Crippen MR) is 50.9 cm³/mol. The van der Waals surface area contributed by atoms with Gasteiger partial charge >= 0.3 is 12.3 Å². The third kappa shape index (κ3) is 3.12. The molecule has 2 N–H and O–H groups in total. The molecule has 0 aliphatic rings. The third-order valence-electron chi connectivity index (χ3n) is 1.69. The first kappa shape index (κ1) is 11.8. The van der Waals surface area contributed by atoms with Gasteiger partial charge < -0.3 is 19.7 Å². The molecular formula is C9H9NO6. The van der Waals surface area contributed by atoms with Gasteiger partial charge in [-0.05, 0) is 6.42 Å². The van der Waals surface area contributed by atoms with Crippen LogP contribution in [0.3, 0.4) is 0 Å². The zero-order chi connectivity index (χ0) is 12.1. The Morgan fingerprint density at radius 3 is 2.44 bits per heavy atom. The molecule has 16 heavy (non-hydrogen) atoms. The van der Waals surface area contributed by atoms with Gasteiger partial charge in [-0.25, -0.2) is 14.6 Å². The molecule has 1 heterocycles. The first-order chi connectivity index (χ1) is 7.52. The van der Waals surface area contributed by atoms with Crippen molar-refractivity contribution in [3.05, 3.63) is 17.8 Å². The molecule has 0 spiro atoms. The largest absolute Gasteiger partial charge is 0.512 e. The van der Waals surface area contributed by atoms with E-state index in [2.05, 4.69) is 14.5 Å². The van der Waals surface area contributed by atoms with Crippen LogP contribution in [0.25, 0.3) is 0 Å². The zero-order valence-corrected chi connectivity index (χ0v) is 8.34. The third-order valence-corrected chi connectivity index (χ3v) is 1.69. The van der Waals surface area contributed by atoms with Crippen molar-refractivity contribution in [2.24, 2.45) is 0 Å². The van der Waals surface area contributed by atoms with E-state index in [4.69, 9.17) is 10.2 Å². The monoisotopic (exact) mass is 227 g/mol. The molecule has 0 radical (unpaired) electrons. The van der Waals surface area contributed by atoms with Crippen molar-refractivity contribution >= 4 is 12.3 Å². The Labute approximate surface area is 90.2 Å². The molecule has 0 bridgehead atoms. The van der Waals surface area contributed by atoms with Gasteiger partial charge in [-0.2, -0.15) is 0 Å². The molecule has 0 aromatic carbocycles. The lowest BCUT2D eigenvalue weighted by atomic mass is 10.2. The molecule has 1 aromatic heterocycles. The predicted octanol–water partition coefficient (Wildman–Crippen LogP) is 1.76. The molecule has 0 saturated heterocycles. The van der Waals surface area contributed by atoms with E-state index < -0.39 is 12.3 Å². The van der Waals surface area contributed by atoms with Crippen LogP contribution in [0.2, 0.25) is 0 Å². The van der Waals surface area contributed by atoms with Gasteiger partial charge in [0.25, 0.3) is 0 Å². The molecule has 7 nitrogen and oxygen atoms in total. The van der Waals surface area contributed by atoms with Gasteiger partial charge in [0.1, 0.15) is 5.75 Å². The normalized spacial score (nSPS) is 9.56. The molecule has 0 amide bonds. The number of nitrogens with zero attached hydrogens (tertiary/aromatic N) is 1. The second kappa shape index (κ2) is 4.96. The fraction of sp³-hybridized carbons (Fsp3) is 0.222. The van der Waals surface area contributed by atoms with Crippen LogP contribution in [0.1, 0.15) is 12.5 Å². The summed E-state index contributed by atoms with van der Waals surface area (Å²) in [5.74, 6) is -0.220. The fourth-order valence-electron chi connectivity index (χ4n) is 1.05. The molecule has 86 valence electrons. The summed E-state index contributed by atoms with van der Waals surface area (Å²) in [6, 6.07) is 1.11. The maximum atomic E-state index is 10.4. The van der Waals surface area contributed by atoms with Crippen LogP contribution < -0.4 is 9.47 Å². The van der Waals surface area contributed by atoms with Crippen molar-refractivity contribution in [1.82, 2.24) is 4.98 Å². The van der Waals surface area contributed by atoms with Crippen molar-refractivity contribution in [1.29, 1.82) is 0 Å². The van der Waals surface area contributed by atoms with E-state index in [9.17, 15) is 9.59 Å². The number of aromatic nitrogens is 1. The average molecular weight is 227 g/mol. The highest BCUT2D eigenvalue weighted by molar-refractivity contribution is 5.63. The molecule has 7 heteroatoms. The minimum absolute atomic E-state index is 0.0150. The van der Waals surface area contributed by atoms with Crippen molar-refractivity contribution in [3.8, 4) is 11.6 Å². The topological polar surface area (TPSA) is 106 Å². The molecule has 1 rings (SSSR count). The second-order valence-electron chi connectivity index (χ2n) is 2.72. The number of hydrogen-bond acceptors (Lipinski definition) is 5. The Bertz CT molecular complexity index is 416. The lowest BCUT2D eigenvalue weighted by Gasteiger charge is -2.06. The van der Waals surface area contributed by atoms with Gasteiger partial charge in [0.15, 0.2) is 0 Å². The molecule has 0 atom stereocenters. The quantitative estimate of drug-likeness (QED) is 0.757. The maximum absolute atomic E-state index is 10.4. The van der Waals surface area contributed by atoms with Crippen molar-refractivity contribution in [2.45, 2.75) is 13.3 Å². The van der Waals surface area contributed by atoms with E-state index in [0.29, 0.717) is 12.0 Å². The average Bonchev–Trinajstić information content (AvgIpc) is 2.16. The van der Waals surface area contributed by atoms with Crippen LogP contribution in [0.5, 0.6) is 11.6 Å². The van der Waals surface area contributed by atoms with E-state index in [1.54, 1.807) is 6.92 Å². The highest BCUT2D eigenvalue weighted by Crippen LogP contribution is 2.23. The molecule has 0 aliphatic heterocycles. The Kier molecular flexibility index (Phi) is 3.65. The number of hydrogen-bond donors (Lipinski definition) is 2. The minimum Gasteiger partial charge on any atom is -0.449 e. The lowest BCUT2D eigenvalue weighted by Crippen LogP contribution is -2.08. The van der Waals surface area contributed by atoms with Crippen LogP contribution in [0.4, 0.5) is 9.59 Å². The van der Waals surface area contributed by atoms with Crippen LogP contribution in [-0.2, 0) is 6.42 Å². The number of rotatable bonds is 3. The molecule has 0 unspecified atom stereocenters. The number of pyridine rings is 1. The van der Waals surface area contributed by atoms with Gasteiger partial charge in [0.05, 0.1) is 0 Å². The van der Waals surface area contributed by atoms with E-state index in [-0.39, 0.29) is 11.6 Å². The van der Waals surface area contributed by atoms with Crippen molar-refractivity contribution in [3.63, 3.8) is 0 Å². The molecule has 0 fully saturated rings. The van der Waals surface area contributed by atoms with Crippen LogP contribution in [0, 0.1) is 0 Å². The van der Waals surface area contributed by atoms with Crippen LogP contribution >= 0.6 is 0 Å². The summed E-state index contributed by atoms with van der Waals surface area (Å²) >= 11 is 0. The van der Waals surface area contributed by atoms with E-state index in [0.717, 1.165) is 6.07 Å². The summed E-state index contributed by atoms with van der Waals surface area (Å²) in [4.78, 5) is 24.3. The Balaban J connectivity index is 3.00. The highest BCUT2D eigenvalue weighted by atomic mass is 16.7. The fourth-order valence-corrected chi connectivity index (χ4v) is 1.05. The van der Waals surface area contributed by atoms with E-state index in [1.165, 1.54) is 6.20 Å². The molecule has 0 aliphatic carbocycles. The molecular weight excluding hydrogens is 218 g/mol. The Morgan fingerprint density at radius 2 is 1.94 bits per heavy atom. The van der Waals surface area contributed by atoms with Crippen LogP contribution in [-0.4, -0.2) is 27.5 Å². The first-order valence-corrected chi connectivity index (χ1v) is 4.33. The Hall–Kier alpha value is -2.31. The minimum atomic E-state index is -1.53. The van der Waals surface area contributed by atoms with Crippen molar-refractivity contribution in [2.75, 3.05) is 0 Å². The second-order valence-corrected chi connectivity index (χ2v) is 2.72. The number of ether oxygens (including phenoxy) is 2. The highest BCUT2D eigenvalue weighted by Gasteiger charge is 2.11. The summed E-state index contributed by atoms with van der Waals surface area (Å²) in [6.45, 7) is 1.78. The zero-order valence-electron chi connectivity index (χ0n) is 8.34. The van der Waals surface area contributed by atoms with E-state index >= 15 is 0 Å². The molecule has 1 aromatic rings. The summed E-state index contributed by atoms with van der Waals surface area (Å²) < 4.78 is 8.73. The first-order valence-electron chi connectivity index (χ1n) is 4.33. The van der Waals surface area contributed by atoms with Gasteiger partial charge in [-0.3, -0.25) is 0 Å². The maximum Gasteiger partial charge on any atom is 0.512 e. The van der Waals surface area contributed by atoms with Gasteiger partial charge in [-0.15, -0.1) is 0 Å². The smallest absolute Gasteiger partial charge is 0.449 e. The number of carboxylic acid groups (broad SMARTS) is 2. The molecule has 0 saturated carbocycles.